The average molecular weight is 274 g/mol. The standard InChI is InChI=1S/C12H22N2OS2/c1-3-10(11(13)16)12(15)14-7-4-5-9(17-2)6-8-14/h9-10H,3-8H2,1-2H3,(H2,13,16). The van der Waals surface area contributed by atoms with Gasteiger partial charge in [-0.2, -0.15) is 11.8 Å². The first-order valence-corrected chi connectivity index (χ1v) is 7.90. The van der Waals surface area contributed by atoms with E-state index in [9.17, 15) is 4.79 Å². The second-order valence-corrected chi connectivity index (χ2v) is 6.09. The zero-order chi connectivity index (χ0) is 12.8. The van der Waals surface area contributed by atoms with Gasteiger partial charge >= 0.3 is 0 Å². The molecular weight excluding hydrogens is 252 g/mol. The Kier molecular flexibility index (Phi) is 6.27. The van der Waals surface area contributed by atoms with Gasteiger partial charge in [0.1, 0.15) is 0 Å². The van der Waals surface area contributed by atoms with Crippen LogP contribution in [-0.2, 0) is 4.79 Å². The van der Waals surface area contributed by atoms with E-state index >= 15 is 0 Å². The van der Waals surface area contributed by atoms with Crippen LogP contribution in [0.2, 0.25) is 0 Å². The normalized spacial score (nSPS) is 22.9. The molecule has 2 unspecified atom stereocenters. The summed E-state index contributed by atoms with van der Waals surface area (Å²) in [5.74, 6) is -0.141. The molecule has 1 amide bonds. The Bertz CT molecular complexity index is 284. The van der Waals surface area contributed by atoms with E-state index in [0.717, 1.165) is 25.9 Å². The number of nitrogens with zero attached hydrogens (tertiary/aromatic N) is 1. The fraction of sp³-hybridized carbons (Fsp3) is 0.833. The van der Waals surface area contributed by atoms with Crippen molar-refractivity contribution in [2.24, 2.45) is 11.7 Å². The maximum absolute atomic E-state index is 12.3. The predicted molar refractivity (Wildman–Crippen MR) is 78.3 cm³/mol. The molecule has 0 aromatic carbocycles. The van der Waals surface area contributed by atoms with E-state index in [4.69, 9.17) is 18.0 Å². The lowest BCUT2D eigenvalue weighted by atomic mass is 10.1. The van der Waals surface area contributed by atoms with E-state index in [1.807, 2.05) is 23.6 Å². The SMILES string of the molecule is CCC(C(=O)N1CCCC(SC)CC1)C(N)=S. The molecule has 1 fully saturated rings. The third-order valence-electron chi connectivity index (χ3n) is 3.37. The van der Waals surface area contributed by atoms with E-state index in [2.05, 4.69) is 6.26 Å². The van der Waals surface area contributed by atoms with Crippen molar-refractivity contribution in [2.45, 2.75) is 37.9 Å². The highest BCUT2D eigenvalue weighted by atomic mass is 32.2. The van der Waals surface area contributed by atoms with Crippen LogP contribution in [0.4, 0.5) is 0 Å². The lowest BCUT2D eigenvalue weighted by molar-refractivity contribution is -0.133. The maximum atomic E-state index is 12.3. The van der Waals surface area contributed by atoms with Crippen molar-refractivity contribution in [1.82, 2.24) is 4.90 Å². The molecule has 1 saturated heterocycles. The number of carbonyl (C=O) groups is 1. The minimum atomic E-state index is -0.268. The first kappa shape index (κ1) is 14.8. The number of hydrogen-bond acceptors (Lipinski definition) is 3. The molecule has 1 rings (SSSR count). The van der Waals surface area contributed by atoms with Crippen LogP contribution in [0.15, 0.2) is 0 Å². The number of rotatable bonds is 4. The van der Waals surface area contributed by atoms with Gasteiger partial charge < -0.3 is 10.6 Å². The van der Waals surface area contributed by atoms with E-state index in [0.29, 0.717) is 16.7 Å². The van der Waals surface area contributed by atoms with Crippen LogP contribution < -0.4 is 5.73 Å². The summed E-state index contributed by atoms with van der Waals surface area (Å²) in [5, 5.41) is 0.692. The summed E-state index contributed by atoms with van der Waals surface area (Å²) in [6, 6.07) is 0. The van der Waals surface area contributed by atoms with Gasteiger partial charge in [0.05, 0.1) is 10.9 Å². The highest BCUT2D eigenvalue weighted by Gasteiger charge is 2.27. The van der Waals surface area contributed by atoms with Crippen molar-refractivity contribution in [2.75, 3.05) is 19.3 Å². The Morgan fingerprint density at radius 1 is 1.53 bits per heavy atom. The summed E-state index contributed by atoms with van der Waals surface area (Å²) in [7, 11) is 0. The molecule has 1 aliphatic heterocycles. The molecule has 0 aromatic rings. The van der Waals surface area contributed by atoms with Crippen LogP contribution in [0.1, 0.15) is 32.6 Å². The number of carbonyl (C=O) groups excluding carboxylic acids is 1. The Balaban J connectivity index is 2.60. The fourth-order valence-electron chi connectivity index (χ4n) is 2.24. The van der Waals surface area contributed by atoms with Crippen molar-refractivity contribution >= 4 is 34.9 Å². The summed E-state index contributed by atoms with van der Waals surface area (Å²) in [6.45, 7) is 3.67. The molecule has 0 saturated carbocycles. The van der Waals surface area contributed by atoms with E-state index < -0.39 is 0 Å². The molecule has 2 N–H and O–H groups in total. The highest BCUT2D eigenvalue weighted by molar-refractivity contribution is 7.99. The number of amides is 1. The summed E-state index contributed by atoms with van der Waals surface area (Å²) < 4.78 is 0. The van der Waals surface area contributed by atoms with Crippen LogP contribution in [0.5, 0.6) is 0 Å². The largest absolute Gasteiger partial charge is 0.393 e. The van der Waals surface area contributed by atoms with Crippen molar-refractivity contribution in [3.8, 4) is 0 Å². The summed E-state index contributed by atoms with van der Waals surface area (Å²) in [4.78, 5) is 14.6. The molecule has 3 nitrogen and oxygen atoms in total. The number of thiocarbonyl (C=S) groups is 1. The molecule has 17 heavy (non-hydrogen) atoms. The quantitative estimate of drug-likeness (QED) is 0.797. The monoisotopic (exact) mass is 274 g/mol. The van der Waals surface area contributed by atoms with Gasteiger partial charge in [0.25, 0.3) is 0 Å². The Hall–Kier alpha value is -0.290. The van der Waals surface area contributed by atoms with E-state index in [1.165, 1.54) is 6.42 Å². The molecule has 1 aliphatic rings. The van der Waals surface area contributed by atoms with Crippen LogP contribution in [0, 0.1) is 5.92 Å². The number of likely N-dealkylation sites (tertiary alicyclic amines) is 1. The molecule has 0 radical (unpaired) electrons. The van der Waals surface area contributed by atoms with Crippen LogP contribution >= 0.6 is 24.0 Å². The van der Waals surface area contributed by atoms with Gasteiger partial charge in [-0.25, -0.2) is 0 Å². The van der Waals surface area contributed by atoms with Gasteiger partial charge in [0.15, 0.2) is 0 Å². The van der Waals surface area contributed by atoms with Gasteiger partial charge in [-0.1, -0.05) is 19.1 Å². The molecule has 5 heteroatoms. The second-order valence-electron chi connectivity index (χ2n) is 4.48. The molecule has 0 aliphatic carbocycles. The molecule has 0 spiro atoms. The number of thioether (sulfide) groups is 1. The third-order valence-corrected chi connectivity index (χ3v) is 4.79. The topological polar surface area (TPSA) is 46.3 Å². The van der Waals surface area contributed by atoms with Gasteiger partial charge in [0, 0.05) is 18.3 Å². The summed E-state index contributed by atoms with van der Waals surface area (Å²) in [5.41, 5.74) is 5.63. The lowest BCUT2D eigenvalue weighted by Gasteiger charge is -2.25. The maximum Gasteiger partial charge on any atom is 0.232 e. The number of hydrogen-bond donors (Lipinski definition) is 1. The van der Waals surface area contributed by atoms with Gasteiger partial charge in [0.2, 0.25) is 5.91 Å². The fourth-order valence-corrected chi connectivity index (χ4v) is 3.25. The van der Waals surface area contributed by atoms with Crippen molar-refractivity contribution in [1.29, 1.82) is 0 Å². The summed E-state index contributed by atoms with van der Waals surface area (Å²) >= 11 is 6.87. The third kappa shape index (κ3) is 4.14. The average Bonchev–Trinajstić information content (AvgIpc) is 2.54. The Morgan fingerprint density at radius 2 is 2.24 bits per heavy atom. The lowest BCUT2D eigenvalue weighted by Crippen LogP contribution is -2.41. The van der Waals surface area contributed by atoms with Gasteiger partial charge in [-0.05, 0) is 31.9 Å². The molecule has 98 valence electrons. The molecule has 2 atom stereocenters. The second kappa shape index (κ2) is 7.21. The van der Waals surface area contributed by atoms with Crippen LogP contribution in [-0.4, -0.2) is 40.4 Å². The number of nitrogens with two attached hydrogens (primary N) is 1. The molecule has 0 aromatic heterocycles. The first-order valence-electron chi connectivity index (χ1n) is 6.21. The van der Waals surface area contributed by atoms with Crippen molar-refractivity contribution in [3.05, 3.63) is 0 Å². The van der Waals surface area contributed by atoms with Crippen LogP contribution in [0.25, 0.3) is 0 Å². The van der Waals surface area contributed by atoms with Gasteiger partial charge in [-0.3, -0.25) is 4.79 Å². The van der Waals surface area contributed by atoms with Gasteiger partial charge in [-0.15, -0.1) is 0 Å². The van der Waals surface area contributed by atoms with E-state index in [1.54, 1.807) is 0 Å². The zero-order valence-electron chi connectivity index (χ0n) is 10.6. The first-order chi connectivity index (χ1) is 8.10. The highest BCUT2D eigenvalue weighted by Crippen LogP contribution is 2.22. The molecule has 1 heterocycles. The smallest absolute Gasteiger partial charge is 0.232 e. The van der Waals surface area contributed by atoms with E-state index in [-0.39, 0.29) is 11.8 Å². The van der Waals surface area contributed by atoms with Crippen molar-refractivity contribution < 1.29 is 4.79 Å². The molecular formula is C12H22N2OS2. The zero-order valence-corrected chi connectivity index (χ0v) is 12.3. The minimum Gasteiger partial charge on any atom is -0.393 e. The van der Waals surface area contributed by atoms with Crippen molar-refractivity contribution in [3.63, 3.8) is 0 Å². The van der Waals surface area contributed by atoms with Crippen LogP contribution in [0.3, 0.4) is 0 Å². The minimum absolute atomic E-state index is 0.127. The summed E-state index contributed by atoms with van der Waals surface area (Å²) in [6.07, 6.45) is 6.23. The molecule has 0 bridgehead atoms. The Labute approximate surface area is 113 Å². The Morgan fingerprint density at radius 3 is 2.76 bits per heavy atom. The predicted octanol–water partition coefficient (Wildman–Crippen LogP) is 2.04.